The maximum atomic E-state index is 12.4. The van der Waals surface area contributed by atoms with Crippen molar-refractivity contribution in [1.82, 2.24) is 9.29 Å². The summed E-state index contributed by atoms with van der Waals surface area (Å²) in [6.07, 6.45) is 2.02. The second-order valence-corrected chi connectivity index (χ2v) is 6.99. The topological polar surface area (TPSA) is 74.1 Å². The molecule has 19 heavy (non-hydrogen) atoms. The van der Waals surface area contributed by atoms with E-state index in [1.807, 2.05) is 13.0 Å². The Balaban J connectivity index is 2.99. The lowest BCUT2D eigenvalue weighted by Crippen LogP contribution is -2.35. The molecule has 0 aliphatic rings. The molecule has 1 unspecified atom stereocenters. The first-order chi connectivity index (χ1) is 8.78. The monoisotopic (exact) mass is 281 g/mol. The Bertz CT molecular complexity index is 559. The number of aromatic nitrogens is 1. The summed E-state index contributed by atoms with van der Waals surface area (Å²) >= 11 is 0. The van der Waals surface area contributed by atoms with Crippen molar-refractivity contribution in [1.29, 1.82) is 5.26 Å². The van der Waals surface area contributed by atoms with Gasteiger partial charge in [0.15, 0.2) is 0 Å². The minimum absolute atomic E-state index is 0.0827. The standard InChI is InChI=1S/C13H19N3O2S/c1-10(2)7-11(3)16(4)19(17,18)13-6-5-12(8-14)15-9-13/h5-6,9-11H,7H2,1-4H3. The molecule has 0 spiro atoms. The highest BCUT2D eigenvalue weighted by Crippen LogP contribution is 2.19. The highest BCUT2D eigenvalue weighted by molar-refractivity contribution is 7.89. The molecule has 0 saturated heterocycles. The van der Waals surface area contributed by atoms with Crippen LogP contribution in [0.25, 0.3) is 0 Å². The normalized spacial score (nSPS) is 13.5. The largest absolute Gasteiger partial charge is 0.244 e. The molecule has 0 saturated carbocycles. The van der Waals surface area contributed by atoms with Crippen molar-refractivity contribution < 1.29 is 8.42 Å². The van der Waals surface area contributed by atoms with Crippen molar-refractivity contribution in [3.8, 4) is 6.07 Å². The molecule has 5 nitrogen and oxygen atoms in total. The van der Waals surface area contributed by atoms with Gasteiger partial charge in [0, 0.05) is 19.3 Å². The summed E-state index contributed by atoms with van der Waals surface area (Å²) in [7, 11) is -1.98. The summed E-state index contributed by atoms with van der Waals surface area (Å²) in [5.41, 5.74) is 0.205. The molecule has 0 amide bonds. The molecule has 6 heteroatoms. The quantitative estimate of drug-likeness (QED) is 0.827. The number of sulfonamides is 1. The van der Waals surface area contributed by atoms with Gasteiger partial charge in [-0.15, -0.1) is 0 Å². The predicted octanol–water partition coefficient (Wildman–Crippen LogP) is 2.01. The lowest BCUT2D eigenvalue weighted by molar-refractivity contribution is 0.337. The summed E-state index contributed by atoms with van der Waals surface area (Å²) in [4.78, 5) is 3.91. The van der Waals surface area contributed by atoms with Crippen molar-refractivity contribution in [3.63, 3.8) is 0 Å². The van der Waals surface area contributed by atoms with E-state index < -0.39 is 10.0 Å². The predicted molar refractivity (Wildman–Crippen MR) is 72.8 cm³/mol. The molecular formula is C13H19N3O2S. The Morgan fingerprint density at radius 2 is 2.00 bits per heavy atom. The Kier molecular flexibility index (Phi) is 5.04. The number of nitriles is 1. The number of nitrogens with zero attached hydrogens (tertiary/aromatic N) is 3. The van der Waals surface area contributed by atoms with Gasteiger partial charge in [0.25, 0.3) is 0 Å². The fraction of sp³-hybridized carbons (Fsp3) is 0.538. The molecule has 1 rings (SSSR count). The summed E-state index contributed by atoms with van der Waals surface area (Å²) in [6, 6.07) is 4.61. The zero-order valence-electron chi connectivity index (χ0n) is 11.7. The van der Waals surface area contributed by atoms with Crippen LogP contribution >= 0.6 is 0 Å². The van der Waals surface area contributed by atoms with E-state index in [1.165, 1.54) is 22.6 Å². The highest BCUT2D eigenvalue weighted by Gasteiger charge is 2.25. The Morgan fingerprint density at radius 1 is 1.37 bits per heavy atom. The van der Waals surface area contributed by atoms with E-state index in [4.69, 9.17) is 5.26 Å². The number of hydrogen-bond donors (Lipinski definition) is 0. The van der Waals surface area contributed by atoms with Gasteiger partial charge in [0.1, 0.15) is 16.7 Å². The number of hydrogen-bond acceptors (Lipinski definition) is 4. The van der Waals surface area contributed by atoms with Gasteiger partial charge >= 0.3 is 0 Å². The minimum atomic E-state index is -3.55. The molecule has 1 aromatic rings. The van der Waals surface area contributed by atoms with Crippen molar-refractivity contribution >= 4 is 10.0 Å². The van der Waals surface area contributed by atoms with Crippen LogP contribution < -0.4 is 0 Å². The fourth-order valence-corrected chi connectivity index (χ4v) is 3.15. The minimum Gasteiger partial charge on any atom is -0.244 e. The van der Waals surface area contributed by atoms with Gasteiger partial charge in [-0.2, -0.15) is 9.57 Å². The van der Waals surface area contributed by atoms with Crippen LogP contribution in [0.2, 0.25) is 0 Å². The van der Waals surface area contributed by atoms with Gasteiger partial charge in [-0.25, -0.2) is 13.4 Å². The third kappa shape index (κ3) is 3.75. The second-order valence-electron chi connectivity index (χ2n) is 4.99. The highest BCUT2D eigenvalue weighted by atomic mass is 32.2. The van der Waals surface area contributed by atoms with Crippen molar-refractivity contribution in [2.75, 3.05) is 7.05 Å². The van der Waals surface area contributed by atoms with Crippen molar-refractivity contribution in [2.45, 2.75) is 38.1 Å². The van der Waals surface area contributed by atoms with Gasteiger partial charge in [-0.3, -0.25) is 0 Å². The van der Waals surface area contributed by atoms with E-state index in [2.05, 4.69) is 18.8 Å². The SMILES string of the molecule is CC(C)CC(C)N(C)S(=O)(=O)c1ccc(C#N)nc1. The summed E-state index contributed by atoms with van der Waals surface area (Å²) in [5, 5.41) is 8.66. The van der Waals surface area contributed by atoms with Crippen LogP contribution in [0.1, 0.15) is 32.9 Å². The van der Waals surface area contributed by atoms with Gasteiger partial charge in [-0.1, -0.05) is 13.8 Å². The van der Waals surface area contributed by atoms with E-state index in [0.29, 0.717) is 5.92 Å². The molecule has 0 bridgehead atoms. The van der Waals surface area contributed by atoms with E-state index in [9.17, 15) is 8.42 Å². The van der Waals surface area contributed by atoms with E-state index >= 15 is 0 Å². The van der Waals surface area contributed by atoms with Gasteiger partial charge < -0.3 is 0 Å². The first kappa shape index (κ1) is 15.6. The third-order valence-corrected chi connectivity index (χ3v) is 4.92. The maximum absolute atomic E-state index is 12.4. The van der Waals surface area contributed by atoms with E-state index in [0.717, 1.165) is 6.42 Å². The molecule has 0 aliphatic heterocycles. The molecule has 1 heterocycles. The Labute approximate surface area is 114 Å². The van der Waals surface area contributed by atoms with Gasteiger partial charge in [0.05, 0.1) is 0 Å². The average Bonchev–Trinajstić information content (AvgIpc) is 2.37. The third-order valence-electron chi connectivity index (χ3n) is 2.96. The van der Waals surface area contributed by atoms with Crippen LogP contribution in [-0.2, 0) is 10.0 Å². The van der Waals surface area contributed by atoms with Crippen LogP contribution in [0.5, 0.6) is 0 Å². The summed E-state index contributed by atoms with van der Waals surface area (Å²) in [6.45, 7) is 6.00. The van der Waals surface area contributed by atoms with Crippen LogP contribution in [-0.4, -0.2) is 30.8 Å². The molecule has 0 N–H and O–H groups in total. The maximum Gasteiger partial charge on any atom is 0.244 e. The molecule has 0 radical (unpaired) electrons. The van der Waals surface area contributed by atoms with Gasteiger partial charge in [-0.05, 0) is 31.4 Å². The molecule has 0 aliphatic carbocycles. The van der Waals surface area contributed by atoms with E-state index in [-0.39, 0.29) is 16.6 Å². The number of rotatable bonds is 5. The van der Waals surface area contributed by atoms with Crippen LogP contribution in [0.3, 0.4) is 0 Å². The first-order valence-electron chi connectivity index (χ1n) is 6.13. The van der Waals surface area contributed by atoms with Crippen molar-refractivity contribution in [3.05, 3.63) is 24.0 Å². The molecule has 0 fully saturated rings. The fourth-order valence-electron chi connectivity index (χ4n) is 1.83. The molecular weight excluding hydrogens is 262 g/mol. The summed E-state index contributed by atoms with van der Waals surface area (Å²) in [5.74, 6) is 0.423. The Hall–Kier alpha value is -1.45. The molecule has 0 aromatic carbocycles. The smallest absolute Gasteiger partial charge is 0.244 e. The number of pyridine rings is 1. The van der Waals surface area contributed by atoms with Crippen LogP contribution in [0, 0.1) is 17.2 Å². The lowest BCUT2D eigenvalue weighted by atomic mass is 10.1. The van der Waals surface area contributed by atoms with Crippen LogP contribution in [0.4, 0.5) is 0 Å². The lowest BCUT2D eigenvalue weighted by Gasteiger charge is -2.25. The summed E-state index contributed by atoms with van der Waals surface area (Å²) < 4.78 is 26.1. The molecule has 1 atom stereocenters. The molecule has 104 valence electrons. The van der Waals surface area contributed by atoms with Gasteiger partial charge in [0.2, 0.25) is 10.0 Å². The van der Waals surface area contributed by atoms with E-state index in [1.54, 1.807) is 7.05 Å². The first-order valence-corrected chi connectivity index (χ1v) is 7.57. The van der Waals surface area contributed by atoms with Crippen molar-refractivity contribution in [2.24, 2.45) is 5.92 Å². The second kappa shape index (κ2) is 6.13. The van der Waals surface area contributed by atoms with Crippen LogP contribution in [0.15, 0.2) is 23.2 Å². The average molecular weight is 281 g/mol. The molecule has 1 aromatic heterocycles. The Morgan fingerprint density at radius 3 is 2.42 bits per heavy atom. The zero-order chi connectivity index (χ0) is 14.6. The zero-order valence-corrected chi connectivity index (χ0v) is 12.5.